The first kappa shape index (κ1) is 16.0. The Balaban J connectivity index is 2.37. The Morgan fingerprint density at radius 2 is 1.75 bits per heavy atom. The van der Waals surface area contributed by atoms with Gasteiger partial charge in [0, 0.05) is 12.3 Å². The molecule has 0 aliphatic rings. The number of fused-ring (bicyclic) bond motifs is 1. The lowest BCUT2D eigenvalue weighted by Crippen LogP contribution is -2.38. The van der Waals surface area contributed by atoms with Gasteiger partial charge in [0.25, 0.3) is 0 Å². The minimum absolute atomic E-state index is 0.0849. The monoisotopic (exact) mass is 335 g/mol. The van der Waals surface area contributed by atoms with Gasteiger partial charge in [-0.3, -0.25) is 4.79 Å². The van der Waals surface area contributed by atoms with E-state index in [0.717, 1.165) is 6.07 Å². The zero-order chi connectivity index (χ0) is 17.5. The normalized spacial score (nSPS) is 14.5. The number of hydrogen-bond acceptors (Lipinski definition) is 3. The molecule has 0 aliphatic heterocycles. The molecule has 3 aromatic rings. The molecule has 0 spiro atoms. The lowest BCUT2D eigenvalue weighted by atomic mass is 9.76. The van der Waals surface area contributed by atoms with Crippen LogP contribution in [0.3, 0.4) is 0 Å². The summed E-state index contributed by atoms with van der Waals surface area (Å²) in [6.07, 6.45) is -1.92. The fraction of sp³-hybridized carbons (Fsp3) is 0.188. The van der Waals surface area contributed by atoms with Crippen LogP contribution in [0.15, 0.2) is 48.8 Å². The molecule has 3 rings (SSSR count). The molecular weight excluding hydrogens is 323 g/mol. The summed E-state index contributed by atoms with van der Waals surface area (Å²) in [5, 5.41) is 13.8. The van der Waals surface area contributed by atoms with Crippen molar-refractivity contribution >= 4 is 11.6 Å². The summed E-state index contributed by atoms with van der Waals surface area (Å²) in [7, 11) is 0. The fourth-order valence-corrected chi connectivity index (χ4v) is 2.74. The predicted molar refractivity (Wildman–Crippen MR) is 78.5 cm³/mol. The van der Waals surface area contributed by atoms with Crippen LogP contribution in [0.1, 0.15) is 23.7 Å². The van der Waals surface area contributed by atoms with Crippen LogP contribution in [0.4, 0.5) is 13.2 Å². The summed E-state index contributed by atoms with van der Waals surface area (Å²) >= 11 is 0. The third-order valence-electron chi connectivity index (χ3n) is 4.00. The Morgan fingerprint density at radius 1 is 1.08 bits per heavy atom. The van der Waals surface area contributed by atoms with Crippen molar-refractivity contribution in [2.24, 2.45) is 0 Å². The van der Waals surface area contributed by atoms with Crippen molar-refractivity contribution in [3.8, 4) is 0 Å². The average Bonchev–Trinajstić information content (AvgIpc) is 3.01. The molecule has 0 fully saturated rings. The first-order chi connectivity index (χ1) is 11.3. The molecule has 5 nitrogen and oxygen atoms in total. The minimum Gasteiger partial charge on any atom is -0.480 e. The van der Waals surface area contributed by atoms with Gasteiger partial charge >= 0.3 is 12.1 Å². The maximum Gasteiger partial charge on any atom is 0.416 e. The summed E-state index contributed by atoms with van der Waals surface area (Å²) in [5.74, 6) is -1.41. The van der Waals surface area contributed by atoms with Crippen LogP contribution in [-0.2, 0) is 16.4 Å². The van der Waals surface area contributed by atoms with Crippen LogP contribution in [0, 0.1) is 0 Å². The third kappa shape index (κ3) is 2.31. The predicted octanol–water partition coefficient (Wildman–Crippen LogP) is 3.14. The van der Waals surface area contributed by atoms with E-state index >= 15 is 0 Å². The molecule has 1 unspecified atom stereocenters. The van der Waals surface area contributed by atoms with Gasteiger partial charge in [-0.05, 0) is 24.6 Å². The Bertz CT molecular complexity index is 920. The number of aromatic nitrogens is 3. The van der Waals surface area contributed by atoms with Gasteiger partial charge in [0.2, 0.25) is 0 Å². The number of rotatable bonds is 3. The van der Waals surface area contributed by atoms with Gasteiger partial charge in [0.15, 0.2) is 5.65 Å². The van der Waals surface area contributed by atoms with Crippen LogP contribution in [0.25, 0.3) is 5.65 Å². The molecular formula is C16H12F3N3O2. The molecule has 0 radical (unpaired) electrons. The zero-order valence-corrected chi connectivity index (χ0v) is 12.4. The van der Waals surface area contributed by atoms with E-state index in [4.69, 9.17) is 0 Å². The summed E-state index contributed by atoms with van der Waals surface area (Å²) in [5.41, 5.74) is -2.87. The van der Waals surface area contributed by atoms with Crippen molar-refractivity contribution in [1.82, 2.24) is 14.6 Å². The minimum atomic E-state index is -4.68. The Kier molecular flexibility index (Phi) is 3.55. The van der Waals surface area contributed by atoms with Crippen LogP contribution < -0.4 is 0 Å². The van der Waals surface area contributed by atoms with Crippen molar-refractivity contribution in [3.63, 3.8) is 0 Å². The summed E-state index contributed by atoms with van der Waals surface area (Å²) in [4.78, 5) is 16.1. The summed E-state index contributed by atoms with van der Waals surface area (Å²) < 4.78 is 41.4. The molecule has 24 heavy (non-hydrogen) atoms. The topological polar surface area (TPSA) is 67.5 Å². The highest BCUT2D eigenvalue weighted by atomic mass is 19.4. The number of carboxylic acids is 1. The first-order valence-corrected chi connectivity index (χ1v) is 6.95. The quantitative estimate of drug-likeness (QED) is 0.798. The van der Waals surface area contributed by atoms with Crippen molar-refractivity contribution in [1.29, 1.82) is 0 Å². The van der Waals surface area contributed by atoms with Gasteiger partial charge in [-0.25, -0.2) is 9.50 Å². The highest BCUT2D eigenvalue weighted by Gasteiger charge is 2.46. The van der Waals surface area contributed by atoms with Gasteiger partial charge in [0.1, 0.15) is 5.41 Å². The fourth-order valence-electron chi connectivity index (χ4n) is 2.74. The number of benzene rings is 1. The number of nitrogens with zero attached hydrogens (tertiary/aromatic N) is 3. The van der Waals surface area contributed by atoms with E-state index in [9.17, 15) is 23.1 Å². The summed E-state index contributed by atoms with van der Waals surface area (Å²) in [6, 6.07) is 7.56. The molecule has 0 saturated heterocycles. The highest BCUT2D eigenvalue weighted by Crippen LogP contribution is 2.41. The largest absolute Gasteiger partial charge is 0.480 e. The van der Waals surface area contributed by atoms with Crippen molar-refractivity contribution in [2.45, 2.75) is 18.5 Å². The molecule has 0 aliphatic carbocycles. The second-order valence-corrected chi connectivity index (χ2v) is 5.40. The van der Waals surface area contributed by atoms with Gasteiger partial charge in [-0.15, -0.1) is 0 Å². The zero-order valence-electron chi connectivity index (χ0n) is 12.4. The summed E-state index contributed by atoms with van der Waals surface area (Å²) in [6.45, 7) is 1.23. The Morgan fingerprint density at radius 3 is 2.38 bits per heavy atom. The molecule has 0 saturated carbocycles. The van der Waals surface area contributed by atoms with E-state index in [1.54, 1.807) is 6.07 Å². The molecule has 2 heterocycles. The van der Waals surface area contributed by atoms with E-state index < -0.39 is 23.1 Å². The van der Waals surface area contributed by atoms with E-state index in [-0.39, 0.29) is 11.3 Å². The van der Waals surface area contributed by atoms with E-state index in [1.807, 2.05) is 0 Å². The molecule has 0 bridgehead atoms. The standard InChI is InChI=1S/C16H12F3N3O2/c1-15(14(23)24,10-4-2-3-5-11(10)16(17,18)19)12-6-8-20-13-7-9-21-22(12)13/h2-9H,1H3,(H,23,24). The number of alkyl halides is 3. The maximum absolute atomic E-state index is 13.4. The van der Waals surface area contributed by atoms with Crippen molar-refractivity contribution in [3.05, 3.63) is 65.6 Å². The Labute approximate surface area is 134 Å². The van der Waals surface area contributed by atoms with Crippen LogP contribution in [0.5, 0.6) is 0 Å². The molecule has 1 aromatic carbocycles. The van der Waals surface area contributed by atoms with Gasteiger partial charge in [0.05, 0.1) is 17.5 Å². The van der Waals surface area contributed by atoms with E-state index in [1.165, 1.54) is 48.1 Å². The van der Waals surface area contributed by atoms with Gasteiger partial charge < -0.3 is 5.11 Å². The number of halogens is 3. The molecule has 8 heteroatoms. The van der Waals surface area contributed by atoms with Crippen molar-refractivity contribution in [2.75, 3.05) is 0 Å². The number of carboxylic acid groups (broad SMARTS) is 1. The van der Waals surface area contributed by atoms with Crippen molar-refractivity contribution < 1.29 is 23.1 Å². The molecule has 124 valence electrons. The Hall–Kier alpha value is -2.90. The second kappa shape index (κ2) is 5.33. The van der Waals surface area contributed by atoms with Crippen LogP contribution in [0.2, 0.25) is 0 Å². The lowest BCUT2D eigenvalue weighted by molar-refractivity contribution is -0.144. The van der Waals surface area contributed by atoms with Crippen LogP contribution in [-0.4, -0.2) is 25.7 Å². The third-order valence-corrected chi connectivity index (χ3v) is 4.00. The van der Waals surface area contributed by atoms with Gasteiger partial charge in [-0.1, -0.05) is 18.2 Å². The van der Waals surface area contributed by atoms with E-state index in [0.29, 0.717) is 5.65 Å². The average molecular weight is 335 g/mol. The second-order valence-electron chi connectivity index (χ2n) is 5.40. The smallest absolute Gasteiger partial charge is 0.416 e. The number of aliphatic carboxylic acids is 1. The van der Waals surface area contributed by atoms with Crippen LogP contribution >= 0.6 is 0 Å². The van der Waals surface area contributed by atoms with Gasteiger partial charge in [-0.2, -0.15) is 18.3 Å². The van der Waals surface area contributed by atoms with E-state index in [2.05, 4.69) is 10.1 Å². The molecule has 1 N–H and O–H groups in total. The molecule has 1 atom stereocenters. The highest BCUT2D eigenvalue weighted by molar-refractivity contribution is 5.85. The number of carbonyl (C=O) groups is 1. The number of hydrogen-bond donors (Lipinski definition) is 1. The lowest BCUT2D eigenvalue weighted by Gasteiger charge is -2.29. The molecule has 0 amide bonds. The maximum atomic E-state index is 13.4. The first-order valence-electron chi connectivity index (χ1n) is 6.95. The SMILES string of the molecule is CC(C(=O)O)(c1ccccc1C(F)(F)F)c1ccnc2ccnn12. The molecule has 2 aromatic heterocycles.